The minimum absolute atomic E-state index is 0.167. The molecule has 0 aromatic heterocycles. The van der Waals surface area contributed by atoms with E-state index in [0.717, 1.165) is 37.8 Å². The van der Waals surface area contributed by atoms with Crippen LogP contribution in [-0.4, -0.2) is 47.6 Å². The molecule has 1 unspecified atom stereocenters. The van der Waals surface area contributed by atoms with Crippen molar-refractivity contribution in [2.24, 2.45) is 0 Å². The molecule has 0 fully saturated rings. The topological polar surface area (TPSA) is 222 Å². The van der Waals surface area contributed by atoms with Crippen molar-refractivity contribution in [3.63, 3.8) is 0 Å². The number of nitrogens with two attached hydrogens (primary N) is 1. The average Bonchev–Trinajstić information content (AvgIpc) is 2.88. The zero-order chi connectivity index (χ0) is 31.2. The molecule has 1 atom stereocenters. The van der Waals surface area contributed by atoms with Crippen LogP contribution in [-0.2, 0) is 47.1 Å². The summed E-state index contributed by atoms with van der Waals surface area (Å²) < 4.78 is 87.8. The zero-order valence-electron chi connectivity index (χ0n) is 23.1. The van der Waals surface area contributed by atoms with Gasteiger partial charge in [-0.05, 0) is 42.8 Å². The third kappa shape index (κ3) is 12.9. The summed E-state index contributed by atoms with van der Waals surface area (Å²) >= 11 is -5.00. The first-order chi connectivity index (χ1) is 19.1. The van der Waals surface area contributed by atoms with Gasteiger partial charge in [-0.3, -0.25) is 0 Å². The Bertz CT molecular complexity index is 1260. The first kappa shape index (κ1) is 37.1. The number of nitrogen functional groups attached to an aromatic ring is 1. The fourth-order valence-electron chi connectivity index (χ4n) is 3.97. The number of carboxylic acid groups (broad SMARTS) is 1. The van der Waals surface area contributed by atoms with Gasteiger partial charge < -0.3 is 10.8 Å². The summed E-state index contributed by atoms with van der Waals surface area (Å²) in [6.07, 6.45) is 8.93. The Morgan fingerprint density at radius 2 is 1.20 bits per heavy atom. The number of anilines is 1. The number of rotatable bonds is 17. The Morgan fingerprint density at radius 3 is 1.63 bits per heavy atom. The van der Waals surface area contributed by atoms with Crippen LogP contribution in [0.4, 0.5) is 5.69 Å². The number of unbranched alkanes of at least 4 members (excludes halogenated alkanes) is 9. The van der Waals surface area contributed by atoms with Crippen LogP contribution < -0.4 is 5.73 Å². The van der Waals surface area contributed by atoms with Crippen molar-refractivity contribution in [1.29, 1.82) is 0 Å². The molecule has 41 heavy (non-hydrogen) atoms. The summed E-state index contributed by atoms with van der Waals surface area (Å²) in [5, 5.41) is 10.1. The summed E-state index contributed by atoms with van der Waals surface area (Å²) in [6, 6.07) is 11.8. The molecule has 0 bridgehead atoms. The van der Waals surface area contributed by atoms with Crippen LogP contribution >= 0.6 is 0 Å². The molecule has 2 aromatic rings. The average molecular weight is 656 g/mol. The van der Waals surface area contributed by atoms with Crippen LogP contribution in [0.2, 0.25) is 0 Å². The second-order valence-corrected chi connectivity index (χ2v) is 15.1. The van der Waals surface area contributed by atoms with Gasteiger partial charge in [0.1, 0.15) is 0 Å². The van der Waals surface area contributed by atoms with E-state index < -0.39 is 55.4 Å². The Morgan fingerprint density at radius 1 is 0.756 bits per heavy atom. The van der Waals surface area contributed by atoms with Crippen molar-refractivity contribution < 1.29 is 63.8 Å². The first-order valence-corrected chi connectivity index (χ1v) is 19.0. The fourth-order valence-corrected chi connectivity index (χ4v) is 7.21. The van der Waals surface area contributed by atoms with E-state index >= 15 is 0 Å². The third-order valence-corrected chi connectivity index (χ3v) is 9.77. The Balaban J connectivity index is 0.00000154. The van der Waals surface area contributed by atoms with Crippen LogP contribution in [0.5, 0.6) is 0 Å². The van der Waals surface area contributed by atoms with Crippen LogP contribution in [0.25, 0.3) is 0 Å². The molecule has 0 aliphatic rings. The van der Waals surface area contributed by atoms with E-state index in [2.05, 4.69) is 6.92 Å². The molecule has 0 saturated heterocycles. The van der Waals surface area contributed by atoms with Crippen molar-refractivity contribution in [2.75, 3.05) is 5.73 Å². The standard InChI is InChI=1S/C26H37NO7S2.4H2O.Ti/c1-2-3-4-5-6-7-8-9-10-14-21-26(25(28)29,34-36(32,33)24-15-12-11-13-16-24)35(30,31)23-19-17-22(27)18-20-23;;;;;/h11-13,15-20H,2-10,14,21,27H2,1H3,(H,28,29);4*1H2;/q;;;;;+4/p-4. The van der Waals surface area contributed by atoms with Crippen molar-refractivity contribution >= 4 is 31.6 Å². The van der Waals surface area contributed by atoms with Crippen molar-refractivity contribution in [2.45, 2.75) is 92.3 Å². The summed E-state index contributed by atoms with van der Waals surface area (Å²) in [5.41, 5.74) is 5.93. The minimum atomic E-state index is -5.00. The zero-order valence-corrected chi connectivity index (χ0v) is 26.2. The third-order valence-electron chi connectivity index (χ3n) is 6.09. The van der Waals surface area contributed by atoms with E-state index in [1.54, 1.807) is 6.07 Å². The molecule has 15 heteroatoms. The molecular weight excluding hydrogens is 614 g/mol. The van der Waals surface area contributed by atoms with E-state index in [1.807, 2.05) is 0 Å². The molecule has 232 valence electrons. The molecule has 0 radical (unpaired) electrons. The molecule has 0 heterocycles. The number of hydrogen-bond acceptors (Lipinski definition) is 11. The summed E-state index contributed by atoms with van der Waals surface area (Å²) in [4.78, 5) is 8.79. The van der Waals surface area contributed by atoms with Crippen molar-refractivity contribution in [3.8, 4) is 0 Å². The van der Waals surface area contributed by atoms with Crippen molar-refractivity contribution in [1.82, 2.24) is 0 Å². The molecule has 12 nitrogen and oxygen atoms in total. The van der Waals surface area contributed by atoms with Gasteiger partial charge in [-0.25, -0.2) is 17.4 Å². The van der Waals surface area contributed by atoms with Crippen LogP contribution in [0.15, 0.2) is 64.4 Å². The Kier molecular flexibility index (Phi) is 15.7. The first-order valence-electron chi connectivity index (χ1n) is 13.3. The number of carbonyl (C=O) groups is 1. The van der Waals surface area contributed by atoms with Crippen molar-refractivity contribution in [3.05, 3.63) is 54.6 Å². The van der Waals surface area contributed by atoms with E-state index in [4.69, 9.17) is 24.7 Å². The second kappa shape index (κ2) is 17.3. The SMILES string of the molecule is CCCCCCCCCCCCC(OS(=O)(=O)c1ccccc1)(C(=O)O)S(=O)(=O)c1ccc(N)cc1.[OH][Ti]([OH])([OH])[OH]. The number of benzene rings is 2. The van der Waals surface area contributed by atoms with Gasteiger partial charge in [-0.15, -0.1) is 0 Å². The van der Waals surface area contributed by atoms with Gasteiger partial charge in [0.15, 0.2) is 0 Å². The van der Waals surface area contributed by atoms with Gasteiger partial charge >= 0.3 is 38.9 Å². The molecule has 7 N–H and O–H groups in total. The number of sulfone groups is 1. The Labute approximate surface area is 247 Å². The second-order valence-electron chi connectivity index (χ2n) is 9.51. The molecular formula is C26H41NO11S2Ti. The quantitative estimate of drug-likeness (QED) is 0.0625. The summed E-state index contributed by atoms with van der Waals surface area (Å²) in [5.74, 6) is -1.88. The normalized spacial score (nSPS) is 13.6. The molecule has 2 aromatic carbocycles. The van der Waals surface area contributed by atoms with Crippen LogP contribution in [0, 0.1) is 0 Å². The summed E-state index contributed by atoms with van der Waals surface area (Å²) in [6.45, 7) is 2.17. The Hall–Kier alpha value is -1.88. The number of aliphatic carboxylic acids is 1. The molecule has 0 amide bonds. The monoisotopic (exact) mass is 655 g/mol. The molecule has 0 spiro atoms. The van der Waals surface area contributed by atoms with Gasteiger partial charge in [-0.1, -0.05) is 82.9 Å². The molecule has 0 aliphatic heterocycles. The molecule has 2 rings (SSSR count). The van der Waals surface area contributed by atoms with Gasteiger partial charge in [0, 0.05) is 12.1 Å². The van der Waals surface area contributed by atoms with Crippen LogP contribution in [0.1, 0.15) is 77.6 Å². The maximum atomic E-state index is 13.6. The predicted molar refractivity (Wildman–Crippen MR) is 148 cm³/mol. The van der Waals surface area contributed by atoms with Gasteiger partial charge in [0.2, 0.25) is 9.84 Å². The molecule has 0 saturated carbocycles. The summed E-state index contributed by atoms with van der Waals surface area (Å²) in [7, 11) is -9.50. The van der Waals surface area contributed by atoms with Gasteiger partial charge in [0.05, 0.1) is 9.79 Å². The van der Waals surface area contributed by atoms with Gasteiger partial charge in [0.25, 0.3) is 15.1 Å². The molecule has 0 aliphatic carbocycles. The van der Waals surface area contributed by atoms with E-state index in [-0.39, 0.29) is 21.9 Å². The van der Waals surface area contributed by atoms with E-state index in [1.165, 1.54) is 62.1 Å². The maximum absolute atomic E-state index is 13.6. The van der Waals surface area contributed by atoms with E-state index in [9.17, 15) is 26.7 Å². The van der Waals surface area contributed by atoms with Crippen LogP contribution in [0.3, 0.4) is 0 Å². The van der Waals surface area contributed by atoms with Gasteiger partial charge in [-0.2, -0.15) is 8.42 Å². The fraction of sp³-hybridized carbons (Fsp3) is 0.500. The predicted octanol–water partition coefficient (Wildman–Crippen LogP) is 3.31. The number of hydrogen-bond donors (Lipinski definition) is 6. The number of carboxylic acids is 1. The van der Waals surface area contributed by atoms with E-state index in [0.29, 0.717) is 6.42 Å².